The van der Waals surface area contributed by atoms with Crippen molar-refractivity contribution >= 4 is 40.7 Å². The minimum absolute atomic E-state index is 0. The van der Waals surface area contributed by atoms with Crippen LogP contribution in [-0.2, 0) is 0 Å². The number of methoxy groups -OCH3 is 1. The van der Waals surface area contributed by atoms with Crippen molar-refractivity contribution in [2.24, 2.45) is 0 Å². The molecule has 0 bridgehead atoms. The first-order chi connectivity index (χ1) is 9.26. The molecular weight excluding hydrogens is 375 g/mol. The average Bonchev–Trinajstić information content (AvgIpc) is 2.47. The van der Waals surface area contributed by atoms with E-state index < -0.39 is 0 Å². The van der Waals surface area contributed by atoms with E-state index in [0.29, 0.717) is 6.04 Å². The van der Waals surface area contributed by atoms with Gasteiger partial charge in [0.05, 0.1) is 7.11 Å². The highest BCUT2D eigenvalue weighted by molar-refractivity contribution is 9.10. The van der Waals surface area contributed by atoms with Crippen LogP contribution in [0.2, 0.25) is 0 Å². The highest BCUT2D eigenvalue weighted by Crippen LogP contribution is 2.33. The van der Waals surface area contributed by atoms with Gasteiger partial charge in [0.2, 0.25) is 0 Å². The third kappa shape index (κ3) is 5.46. The fourth-order valence-corrected chi connectivity index (χ4v) is 3.04. The molecule has 1 N–H and O–H groups in total. The highest BCUT2D eigenvalue weighted by Gasteiger charge is 2.23. The Morgan fingerprint density at radius 1 is 1.38 bits per heavy atom. The second-order valence-electron chi connectivity index (χ2n) is 4.71. The minimum atomic E-state index is 0. The standard InChI is InChI=1S/C15H21BrN2O.2ClH/c1-3-4-15(18-9-7-17-8-10-18)13-11-12(19-2)5-6-14(13)16;;/h3,5-6,11,15,17H,1,4,7-10H2,2H3;2*1H/t15-;;/m0../s1. The molecule has 0 aromatic heterocycles. The van der Waals surface area contributed by atoms with Crippen molar-refractivity contribution in [1.82, 2.24) is 10.2 Å². The monoisotopic (exact) mass is 396 g/mol. The van der Waals surface area contributed by atoms with Crippen LogP contribution in [0, 0.1) is 0 Å². The van der Waals surface area contributed by atoms with Gasteiger partial charge in [0.1, 0.15) is 5.75 Å². The fourth-order valence-electron chi connectivity index (χ4n) is 2.53. The van der Waals surface area contributed by atoms with Gasteiger partial charge >= 0.3 is 0 Å². The number of hydrogen-bond acceptors (Lipinski definition) is 3. The number of halogens is 3. The molecule has 0 saturated carbocycles. The second-order valence-corrected chi connectivity index (χ2v) is 5.57. The lowest BCUT2D eigenvalue weighted by atomic mass is 10.0. The number of nitrogens with one attached hydrogen (secondary N) is 1. The number of nitrogens with zero attached hydrogens (tertiary/aromatic N) is 1. The Morgan fingerprint density at radius 3 is 2.62 bits per heavy atom. The normalized spacial score (nSPS) is 16.3. The van der Waals surface area contributed by atoms with Crippen molar-refractivity contribution in [1.29, 1.82) is 0 Å². The van der Waals surface area contributed by atoms with Crippen LogP contribution in [0.25, 0.3) is 0 Å². The molecule has 1 aromatic rings. The number of ether oxygens (including phenoxy) is 1. The van der Waals surface area contributed by atoms with E-state index in [1.165, 1.54) is 5.56 Å². The molecule has 1 fully saturated rings. The molecule has 0 unspecified atom stereocenters. The van der Waals surface area contributed by atoms with E-state index in [2.05, 4.69) is 44.9 Å². The smallest absolute Gasteiger partial charge is 0.119 e. The molecule has 3 nitrogen and oxygen atoms in total. The zero-order chi connectivity index (χ0) is 13.7. The van der Waals surface area contributed by atoms with Crippen molar-refractivity contribution in [2.45, 2.75) is 12.5 Å². The average molecular weight is 398 g/mol. The van der Waals surface area contributed by atoms with Crippen molar-refractivity contribution in [3.05, 3.63) is 40.9 Å². The molecule has 0 spiro atoms. The Morgan fingerprint density at radius 2 is 2.05 bits per heavy atom. The topological polar surface area (TPSA) is 24.5 Å². The van der Waals surface area contributed by atoms with Crippen molar-refractivity contribution in [3.8, 4) is 5.75 Å². The van der Waals surface area contributed by atoms with Gasteiger partial charge in [0.15, 0.2) is 0 Å². The second kappa shape index (κ2) is 10.5. The molecule has 1 saturated heterocycles. The van der Waals surface area contributed by atoms with Crippen LogP contribution in [-0.4, -0.2) is 38.2 Å². The van der Waals surface area contributed by atoms with Gasteiger partial charge in [0.25, 0.3) is 0 Å². The summed E-state index contributed by atoms with van der Waals surface area (Å²) < 4.78 is 6.49. The van der Waals surface area contributed by atoms with Crippen molar-refractivity contribution in [2.75, 3.05) is 33.3 Å². The third-order valence-corrected chi connectivity index (χ3v) is 4.27. The lowest BCUT2D eigenvalue weighted by molar-refractivity contribution is 0.174. The summed E-state index contributed by atoms with van der Waals surface area (Å²) in [4.78, 5) is 2.51. The Bertz CT molecular complexity index is 440. The molecule has 1 aliphatic heterocycles. The summed E-state index contributed by atoms with van der Waals surface area (Å²) in [6, 6.07) is 6.53. The Kier molecular flexibility index (Phi) is 10.3. The lowest BCUT2D eigenvalue weighted by Gasteiger charge is -2.35. The fraction of sp³-hybridized carbons (Fsp3) is 0.467. The molecule has 1 aromatic carbocycles. The van der Waals surface area contributed by atoms with Crippen LogP contribution < -0.4 is 10.1 Å². The van der Waals surface area contributed by atoms with Gasteiger partial charge in [-0.25, -0.2) is 0 Å². The lowest BCUT2D eigenvalue weighted by Crippen LogP contribution is -2.45. The maximum absolute atomic E-state index is 5.35. The number of hydrogen-bond donors (Lipinski definition) is 1. The summed E-state index contributed by atoms with van der Waals surface area (Å²) in [5.74, 6) is 0.905. The molecule has 0 radical (unpaired) electrons. The van der Waals surface area contributed by atoms with E-state index >= 15 is 0 Å². The van der Waals surface area contributed by atoms with Crippen LogP contribution in [0.5, 0.6) is 5.75 Å². The Balaban J connectivity index is 0.00000200. The van der Waals surface area contributed by atoms with Gasteiger partial charge in [-0.2, -0.15) is 0 Å². The van der Waals surface area contributed by atoms with E-state index in [1.54, 1.807) is 7.11 Å². The third-order valence-electron chi connectivity index (χ3n) is 3.54. The Hall–Kier alpha value is -0.260. The summed E-state index contributed by atoms with van der Waals surface area (Å²) in [5, 5.41) is 3.40. The summed E-state index contributed by atoms with van der Waals surface area (Å²) in [6.45, 7) is 8.15. The van der Waals surface area contributed by atoms with E-state index in [9.17, 15) is 0 Å². The molecular formula is C15H23BrCl2N2O. The SMILES string of the molecule is C=CC[C@@H](c1cc(OC)ccc1Br)N1CCNCC1.Cl.Cl. The molecule has 0 aliphatic carbocycles. The van der Waals surface area contributed by atoms with Crippen LogP contribution >= 0.6 is 40.7 Å². The van der Waals surface area contributed by atoms with E-state index in [-0.39, 0.29) is 24.8 Å². The van der Waals surface area contributed by atoms with Crippen LogP contribution in [0.4, 0.5) is 0 Å². The van der Waals surface area contributed by atoms with Gasteiger partial charge in [-0.05, 0) is 30.2 Å². The predicted octanol–water partition coefficient (Wildman–Crippen LogP) is 3.82. The largest absolute Gasteiger partial charge is 0.497 e. The summed E-state index contributed by atoms with van der Waals surface area (Å²) in [5.41, 5.74) is 1.28. The zero-order valence-electron chi connectivity index (χ0n) is 12.2. The summed E-state index contributed by atoms with van der Waals surface area (Å²) in [6.07, 6.45) is 2.95. The number of benzene rings is 1. The van der Waals surface area contributed by atoms with Crippen molar-refractivity contribution < 1.29 is 4.74 Å². The maximum Gasteiger partial charge on any atom is 0.119 e. The molecule has 6 heteroatoms. The minimum Gasteiger partial charge on any atom is -0.497 e. The molecule has 0 amide bonds. The summed E-state index contributed by atoms with van der Waals surface area (Å²) >= 11 is 3.66. The zero-order valence-corrected chi connectivity index (χ0v) is 15.4. The molecule has 21 heavy (non-hydrogen) atoms. The quantitative estimate of drug-likeness (QED) is 0.764. The van der Waals surface area contributed by atoms with Gasteiger partial charge in [-0.1, -0.05) is 22.0 Å². The number of piperazine rings is 1. The van der Waals surface area contributed by atoms with Gasteiger partial charge in [-0.15, -0.1) is 31.4 Å². The number of rotatable bonds is 5. The van der Waals surface area contributed by atoms with Crippen LogP contribution in [0.15, 0.2) is 35.3 Å². The van der Waals surface area contributed by atoms with Crippen molar-refractivity contribution in [3.63, 3.8) is 0 Å². The first-order valence-corrected chi connectivity index (χ1v) is 7.44. The predicted molar refractivity (Wildman–Crippen MR) is 97.2 cm³/mol. The molecule has 1 heterocycles. The van der Waals surface area contributed by atoms with E-state index in [4.69, 9.17) is 4.74 Å². The molecule has 2 rings (SSSR count). The first kappa shape index (κ1) is 20.7. The first-order valence-electron chi connectivity index (χ1n) is 6.65. The van der Waals surface area contributed by atoms with E-state index in [1.807, 2.05) is 12.1 Å². The molecule has 1 aliphatic rings. The Labute approximate surface area is 148 Å². The maximum atomic E-state index is 5.35. The summed E-state index contributed by atoms with van der Waals surface area (Å²) in [7, 11) is 1.71. The molecule has 120 valence electrons. The highest BCUT2D eigenvalue weighted by atomic mass is 79.9. The van der Waals surface area contributed by atoms with Gasteiger partial charge in [-0.3, -0.25) is 4.90 Å². The molecule has 1 atom stereocenters. The van der Waals surface area contributed by atoms with Crippen LogP contribution in [0.3, 0.4) is 0 Å². The van der Waals surface area contributed by atoms with Gasteiger partial charge in [0, 0.05) is 36.7 Å². The van der Waals surface area contributed by atoms with Gasteiger partial charge < -0.3 is 10.1 Å². The van der Waals surface area contributed by atoms with Crippen LogP contribution in [0.1, 0.15) is 18.0 Å². The van der Waals surface area contributed by atoms with E-state index in [0.717, 1.165) is 42.8 Å².